The number of allylic oxidation sites excluding steroid dienone is 2. The smallest absolute Gasteiger partial charge is 0.327 e. The maximum absolute atomic E-state index is 9.25. The number of carbonyl (C=O) groups is 1. The molecule has 0 amide bonds. The van der Waals surface area contributed by atoms with Crippen LogP contribution in [0.3, 0.4) is 0 Å². The predicted octanol–water partition coefficient (Wildman–Crippen LogP) is 4.59. The summed E-state index contributed by atoms with van der Waals surface area (Å²) in [4.78, 5) is 9.25. The van der Waals surface area contributed by atoms with E-state index in [-0.39, 0.29) is 0 Å². The Morgan fingerprint density at radius 1 is 1.00 bits per heavy atom. The van der Waals surface area contributed by atoms with E-state index in [4.69, 9.17) is 5.11 Å². The summed E-state index contributed by atoms with van der Waals surface area (Å²) in [7, 11) is 0. The summed E-state index contributed by atoms with van der Waals surface area (Å²) in [5.74, 6) is 1.84. The van der Waals surface area contributed by atoms with E-state index >= 15 is 0 Å². The van der Waals surface area contributed by atoms with E-state index in [1.165, 1.54) is 50.5 Å². The lowest BCUT2D eigenvalue weighted by atomic mass is 9.66. The molecule has 2 nitrogen and oxygen atoms in total. The van der Waals surface area contributed by atoms with Crippen LogP contribution in [0.2, 0.25) is 0 Å². The van der Waals surface area contributed by atoms with Crippen LogP contribution in [0.4, 0.5) is 0 Å². The lowest BCUT2D eigenvalue weighted by Gasteiger charge is -2.39. The van der Waals surface area contributed by atoms with Crippen molar-refractivity contribution in [3.8, 4) is 0 Å². The second-order valence-electron chi connectivity index (χ2n) is 5.64. The summed E-state index contributed by atoms with van der Waals surface area (Å²) < 4.78 is 0. The molecule has 1 N–H and O–H groups in total. The second kappa shape index (κ2) is 7.98. The van der Waals surface area contributed by atoms with Crippen molar-refractivity contribution >= 4 is 5.97 Å². The van der Waals surface area contributed by atoms with Gasteiger partial charge in [0.1, 0.15) is 0 Å². The fraction of sp³-hybridized carbons (Fsp3) is 0.588. The maximum atomic E-state index is 9.25. The molecule has 19 heavy (non-hydrogen) atoms. The summed E-state index contributed by atoms with van der Waals surface area (Å²) in [6.45, 7) is 10.9. The van der Waals surface area contributed by atoms with Gasteiger partial charge < -0.3 is 5.11 Å². The Hall–Kier alpha value is -1.31. The first-order chi connectivity index (χ1) is 9.08. The van der Waals surface area contributed by atoms with Gasteiger partial charge in [-0.1, -0.05) is 57.1 Å². The number of carboxylic acids is 1. The van der Waals surface area contributed by atoms with Gasteiger partial charge in [0.25, 0.3) is 0 Å². The molecule has 0 aliphatic heterocycles. The third-order valence-corrected chi connectivity index (χ3v) is 4.50. The number of carboxylic acid groups (broad SMARTS) is 1. The molecule has 2 heteroatoms. The molecule has 0 saturated heterocycles. The maximum Gasteiger partial charge on any atom is 0.327 e. The van der Waals surface area contributed by atoms with Crippen LogP contribution in [0, 0.1) is 17.8 Å². The van der Waals surface area contributed by atoms with Gasteiger partial charge in [0, 0.05) is 6.08 Å². The van der Waals surface area contributed by atoms with Crippen LogP contribution in [0.15, 0.2) is 37.5 Å². The zero-order chi connectivity index (χ0) is 14.3. The third kappa shape index (κ3) is 5.06. The number of aliphatic carboxylic acids is 1. The first-order valence-corrected chi connectivity index (χ1v) is 7.25. The van der Waals surface area contributed by atoms with Gasteiger partial charge in [-0.15, -0.1) is 0 Å². The molecule has 2 saturated carbocycles. The minimum Gasteiger partial charge on any atom is -0.478 e. The van der Waals surface area contributed by atoms with E-state index < -0.39 is 5.97 Å². The molecular formula is C17H26O2. The topological polar surface area (TPSA) is 37.3 Å². The van der Waals surface area contributed by atoms with Gasteiger partial charge in [-0.3, -0.25) is 0 Å². The highest BCUT2D eigenvalue weighted by molar-refractivity contribution is 5.78. The minimum absolute atomic E-state index is 0.756. The summed E-state index contributed by atoms with van der Waals surface area (Å²) in [5.41, 5.74) is 1.29. The quantitative estimate of drug-likeness (QED) is 0.596. The van der Waals surface area contributed by atoms with E-state index in [9.17, 15) is 4.79 Å². The van der Waals surface area contributed by atoms with E-state index in [0.29, 0.717) is 0 Å². The molecule has 2 aliphatic rings. The van der Waals surface area contributed by atoms with Crippen LogP contribution in [-0.2, 0) is 4.79 Å². The SMILES string of the molecule is C=CC(=C)C1CCC2CCCCC2C1.C=CC(=O)O. The molecule has 3 unspecified atom stereocenters. The average Bonchev–Trinajstić information content (AvgIpc) is 2.46. The Labute approximate surface area is 116 Å². The molecule has 0 aromatic rings. The van der Waals surface area contributed by atoms with E-state index in [1.54, 1.807) is 0 Å². The van der Waals surface area contributed by atoms with Crippen molar-refractivity contribution in [1.29, 1.82) is 0 Å². The lowest BCUT2D eigenvalue weighted by Crippen LogP contribution is -2.28. The van der Waals surface area contributed by atoms with Gasteiger partial charge in [-0.05, 0) is 37.0 Å². The molecular weight excluding hydrogens is 236 g/mol. The second-order valence-corrected chi connectivity index (χ2v) is 5.64. The predicted molar refractivity (Wildman–Crippen MR) is 80.0 cm³/mol. The number of fused-ring (bicyclic) bond motifs is 1. The van der Waals surface area contributed by atoms with Crippen LogP contribution in [0.5, 0.6) is 0 Å². The molecule has 0 aromatic heterocycles. The highest BCUT2D eigenvalue weighted by Crippen LogP contribution is 2.44. The highest BCUT2D eigenvalue weighted by Gasteiger charge is 2.32. The normalized spacial score (nSPS) is 29.2. The van der Waals surface area contributed by atoms with Crippen molar-refractivity contribution in [3.63, 3.8) is 0 Å². The fourth-order valence-electron chi connectivity index (χ4n) is 3.38. The average molecular weight is 262 g/mol. The van der Waals surface area contributed by atoms with Gasteiger partial charge in [-0.2, -0.15) is 0 Å². The van der Waals surface area contributed by atoms with Gasteiger partial charge in [0.05, 0.1) is 0 Å². The molecule has 106 valence electrons. The molecule has 0 heterocycles. The van der Waals surface area contributed by atoms with Crippen LogP contribution in [0.25, 0.3) is 0 Å². The molecule has 2 fully saturated rings. The van der Waals surface area contributed by atoms with Crippen molar-refractivity contribution < 1.29 is 9.90 Å². The Morgan fingerprint density at radius 3 is 2.11 bits per heavy atom. The Bertz CT molecular complexity index is 343. The number of hydrogen-bond acceptors (Lipinski definition) is 1. The van der Waals surface area contributed by atoms with Crippen molar-refractivity contribution in [2.24, 2.45) is 17.8 Å². The van der Waals surface area contributed by atoms with Crippen molar-refractivity contribution in [1.82, 2.24) is 0 Å². The van der Waals surface area contributed by atoms with Crippen LogP contribution in [-0.4, -0.2) is 11.1 Å². The Kier molecular flexibility index (Phi) is 6.61. The number of rotatable bonds is 3. The first-order valence-electron chi connectivity index (χ1n) is 7.25. The zero-order valence-corrected chi connectivity index (χ0v) is 11.8. The molecule has 0 spiro atoms. The third-order valence-electron chi connectivity index (χ3n) is 4.50. The monoisotopic (exact) mass is 262 g/mol. The first kappa shape index (κ1) is 15.7. The van der Waals surface area contributed by atoms with Gasteiger partial charge >= 0.3 is 5.97 Å². The molecule has 0 radical (unpaired) electrons. The summed E-state index contributed by atoms with van der Waals surface area (Å²) in [6.07, 6.45) is 12.9. The Balaban J connectivity index is 0.000000312. The van der Waals surface area contributed by atoms with Gasteiger partial charge in [-0.25, -0.2) is 4.79 Å². The van der Waals surface area contributed by atoms with Crippen molar-refractivity contribution in [3.05, 3.63) is 37.5 Å². The number of hydrogen-bond donors (Lipinski definition) is 1. The van der Waals surface area contributed by atoms with Crippen molar-refractivity contribution in [2.45, 2.75) is 44.9 Å². The highest BCUT2D eigenvalue weighted by atomic mass is 16.4. The van der Waals surface area contributed by atoms with Crippen LogP contribution < -0.4 is 0 Å². The van der Waals surface area contributed by atoms with E-state index in [2.05, 4.69) is 19.7 Å². The van der Waals surface area contributed by atoms with Crippen LogP contribution >= 0.6 is 0 Å². The van der Waals surface area contributed by atoms with Gasteiger partial charge in [0.2, 0.25) is 0 Å². The molecule has 2 rings (SSSR count). The van der Waals surface area contributed by atoms with Gasteiger partial charge in [0.15, 0.2) is 0 Å². The minimum atomic E-state index is -0.981. The Morgan fingerprint density at radius 2 is 1.58 bits per heavy atom. The summed E-state index contributed by atoms with van der Waals surface area (Å²) in [5, 5.41) is 7.60. The fourth-order valence-corrected chi connectivity index (χ4v) is 3.38. The molecule has 3 atom stereocenters. The summed E-state index contributed by atoms with van der Waals surface area (Å²) in [6, 6.07) is 0. The van der Waals surface area contributed by atoms with E-state index in [1.807, 2.05) is 6.08 Å². The molecule has 2 aliphatic carbocycles. The largest absolute Gasteiger partial charge is 0.478 e. The van der Waals surface area contributed by atoms with E-state index in [0.717, 1.165) is 23.8 Å². The zero-order valence-electron chi connectivity index (χ0n) is 11.8. The summed E-state index contributed by atoms with van der Waals surface area (Å²) >= 11 is 0. The molecule has 0 bridgehead atoms. The lowest BCUT2D eigenvalue weighted by molar-refractivity contribution is -0.131. The van der Waals surface area contributed by atoms with Crippen LogP contribution in [0.1, 0.15) is 44.9 Å². The molecule has 0 aromatic carbocycles. The van der Waals surface area contributed by atoms with Crippen molar-refractivity contribution in [2.75, 3.05) is 0 Å². The standard InChI is InChI=1S/C14H22.C3H4O2/c1-3-11(2)13-9-8-12-6-4-5-7-14(12)10-13;1-2-3(4)5/h3,12-14H,1-2,4-10H2;2H,1H2,(H,4,5).